The van der Waals surface area contributed by atoms with E-state index < -0.39 is 5.97 Å². The zero-order valence-corrected chi connectivity index (χ0v) is 9.87. The Kier molecular flexibility index (Phi) is 3.65. The first kappa shape index (κ1) is 12.2. The van der Waals surface area contributed by atoms with Gasteiger partial charge in [-0.05, 0) is 0 Å². The van der Waals surface area contributed by atoms with Gasteiger partial charge in [0, 0.05) is 13.0 Å². The fraction of sp³-hybridized carbons (Fsp3) is 0.500. The predicted molar refractivity (Wildman–Crippen MR) is 60.7 cm³/mol. The van der Waals surface area contributed by atoms with Crippen molar-refractivity contribution < 1.29 is 9.53 Å². The molecule has 1 rings (SSSR count). The number of carbonyl (C=O) groups excluding carboxylic acids is 1. The van der Waals surface area contributed by atoms with Crippen LogP contribution in [0.25, 0.3) is 0 Å². The number of aryl methyl sites for hydroxylation is 1. The van der Waals surface area contributed by atoms with Crippen LogP contribution in [0.5, 0.6) is 0 Å². The smallest absolute Gasteiger partial charge is 0.358 e. The average Bonchev–Trinajstić information content (AvgIpc) is 2.58. The van der Waals surface area contributed by atoms with Gasteiger partial charge in [-0.1, -0.05) is 13.8 Å². The van der Waals surface area contributed by atoms with Gasteiger partial charge in [-0.15, -0.1) is 0 Å². The Bertz CT molecular complexity index is 409. The minimum atomic E-state index is -0.473. The summed E-state index contributed by atoms with van der Waals surface area (Å²) in [5.41, 5.74) is 0.806. The van der Waals surface area contributed by atoms with Gasteiger partial charge in [0.05, 0.1) is 19.0 Å². The first-order valence-electron chi connectivity index (χ1n) is 4.93. The van der Waals surface area contributed by atoms with Crippen molar-refractivity contribution in [3.63, 3.8) is 0 Å². The van der Waals surface area contributed by atoms with Gasteiger partial charge in [0.15, 0.2) is 5.69 Å². The van der Waals surface area contributed by atoms with E-state index in [9.17, 15) is 4.79 Å². The van der Waals surface area contributed by atoms with Crippen LogP contribution in [0.2, 0.25) is 0 Å². The fourth-order valence-electron chi connectivity index (χ4n) is 1.16. The lowest BCUT2D eigenvalue weighted by molar-refractivity contribution is 0.0589. The summed E-state index contributed by atoms with van der Waals surface area (Å²) in [5, 5.41) is 14.5. The van der Waals surface area contributed by atoms with E-state index in [0.29, 0.717) is 17.2 Å². The molecule has 0 amide bonds. The van der Waals surface area contributed by atoms with E-state index in [1.165, 1.54) is 18.0 Å². The van der Waals surface area contributed by atoms with Crippen molar-refractivity contribution in [3.05, 3.63) is 11.9 Å². The maximum atomic E-state index is 11.5. The monoisotopic (exact) mass is 224 g/mol. The highest BCUT2D eigenvalue weighted by Crippen LogP contribution is 2.16. The van der Waals surface area contributed by atoms with Crippen molar-refractivity contribution >= 4 is 17.5 Å². The van der Waals surface area contributed by atoms with Crippen LogP contribution >= 0.6 is 0 Å². The van der Waals surface area contributed by atoms with Gasteiger partial charge in [-0.3, -0.25) is 10.1 Å². The highest BCUT2D eigenvalue weighted by molar-refractivity contribution is 6.01. The molecule has 2 N–H and O–H groups in total. The maximum absolute atomic E-state index is 11.5. The molecule has 0 aliphatic rings. The third-order valence-electron chi connectivity index (χ3n) is 2.16. The SMILES string of the molecule is COC(=O)c1c(NC(=N)C(C)C)cnn1C. The number of anilines is 1. The molecule has 0 unspecified atom stereocenters. The molecule has 0 bridgehead atoms. The quantitative estimate of drug-likeness (QED) is 0.460. The van der Waals surface area contributed by atoms with E-state index in [-0.39, 0.29) is 5.92 Å². The van der Waals surface area contributed by atoms with Gasteiger partial charge < -0.3 is 10.1 Å². The zero-order valence-electron chi connectivity index (χ0n) is 9.87. The molecule has 0 saturated carbocycles. The van der Waals surface area contributed by atoms with E-state index in [2.05, 4.69) is 15.2 Å². The third-order valence-corrected chi connectivity index (χ3v) is 2.16. The Morgan fingerprint density at radius 1 is 1.62 bits per heavy atom. The molecule has 0 radical (unpaired) electrons. The summed E-state index contributed by atoms with van der Waals surface area (Å²) in [6, 6.07) is 0. The molecule has 0 aliphatic heterocycles. The highest BCUT2D eigenvalue weighted by Gasteiger charge is 2.18. The molecule has 0 spiro atoms. The fourth-order valence-corrected chi connectivity index (χ4v) is 1.16. The summed E-state index contributed by atoms with van der Waals surface area (Å²) in [6.07, 6.45) is 1.50. The van der Waals surface area contributed by atoms with Crippen molar-refractivity contribution in [2.45, 2.75) is 13.8 Å². The average molecular weight is 224 g/mol. The van der Waals surface area contributed by atoms with Gasteiger partial charge in [0.2, 0.25) is 0 Å². The summed E-state index contributed by atoms with van der Waals surface area (Å²) in [6.45, 7) is 3.78. The molecule has 0 aromatic carbocycles. The number of aromatic nitrogens is 2. The van der Waals surface area contributed by atoms with Crippen LogP contribution in [0.4, 0.5) is 5.69 Å². The van der Waals surface area contributed by atoms with E-state index in [1.54, 1.807) is 7.05 Å². The van der Waals surface area contributed by atoms with Crippen molar-refractivity contribution in [3.8, 4) is 0 Å². The number of ether oxygens (including phenoxy) is 1. The molecule has 0 atom stereocenters. The number of carbonyl (C=O) groups is 1. The van der Waals surface area contributed by atoms with E-state index in [0.717, 1.165) is 0 Å². The number of rotatable bonds is 3. The second kappa shape index (κ2) is 4.78. The number of hydrogen-bond acceptors (Lipinski definition) is 4. The summed E-state index contributed by atoms with van der Waals surface area (Å²) in [4.78, 5) is 11.5. The minimum absolute atomic E-state index is 0.0608. The second-order valence-electron chi connectivity index (χ2n) is 3.72. The number of esters is 1. The molecule has 0 saturated heterocycles. The van der Waals surface area contributed by atoms with Crippen molar-refractivity contribution in [1.82, 2.24) is 9.78 Å². The summed E-state index contributed by atoms with van der Waals surface area (Å²) >= 11 is 0. The Morgan fingerprint density at radius 2 is 2.25 bits per heavy atom. The molecule has 16 heavy (non-hydrogen) atoms. The van der Waals surface area contributed by atoms with Crippen LogP contribution in [-0.4, -0.2) is 28.7 Å². The van der Waals surface area contributed by atoms with Gasteiger partial charge in [0.25, 0.3) is 0 Å². The molecule has 0 aliphatic carbocycles. The molecule has 6 heteroatoms. The molecular weight excluding hydrogens is 208 g/mol. The summed E-state index contributed by atoms with van der Waals surface area (Å²) in [5.74, 6) is -0.0806. The lowest BCUT2D eigenvalue weighted by atomic mass is 10.2. The van der Waals surface area contributed by atoms with Gasteiger partial charge in [0.1, 0.15) is 5.84 Å². The van der Waals surface area contributed by atoms with Crippen LogP contribution in [0.1, 0.15) is 24.3 Å². The number of amidine groups is 1. The predicted octanol–water partition coefficient (Wildman–Crippen LogP) is 1.25. The molecular formula is C10H16N4O2. The molecule has 6 nitrogen and oxygen atoms in total. The number of methoxy groups -OCH3 is 1. The summed E-state index contributed by atoms with van der Waals surface area (Å²) < 4.78 is 6.07. The molecule has 1 aromatic rings. The van der Waals surface area contributed by atoms with Gasteiger partial charge >= 0.3 is 5.97 Å². The van der Waals surface area contributed by atoms with Crippen LogP contribution < -0.4 is 5.32 Å². The Hall–Kier alpha value is -1.85. The Labute approximate surface area is 94.1 Å². The number of nitrogens with one attached hydrogen (secondary N) is 2. The molecule has 0 fully saturated rings. The normalized spacial score (nSPS) is 10.3. The molecule has 1 aromatic heterocycles. The minimum Gasteiger partial charge on any atom is -0.464 e. The maximum Gasteiger partial charge on any atom is 0.358 e. The van der Waals surface area contributed by atoms with Crippen molar-refractivity contribution in [2.75, 3.05) is 12.4 Å². The molecule has 1 heterocycles. The highest BCUT2D eigenvalue weighted by atomic mass is 16.5. The van der Waals surface area contributed by atoms with Crippen LogP contribution in [-0.2, 0) is 11.8 Å². The number of nitrogens with zero attached hydrogens (tertiary/aromatic N) is 2. The summed E-state index contributed by atoms with van der Waals surface area (Å²) in [7, 11) is 2.96. The van der Waals surface area contributed by atoms with Crippen LogP contribution in [0, 0.1) is 11.3 Å². The Balaban J connectivity index is 2.97. The standard InChI is InChI=1S/C10H16N4O2/c1-6(2)9(11)13-7-5-12-14(3)8(7)10(15)16-4/h5-6H,1-4H3,(H2,11,13). The first-order chi connectivity index (χ1) is 7.47. The van der Waals surface area contributed by atoms with Crippen molar-refractivity contribution in [2.24, 2.45) is 13.0 Å². The van der Waals surface area contributed by atoms with Crippen LogP contribution in [0.15, 0.2) is 6.20 Å². The Morgan fingerprint density at radius 3 is 2.75 bits per heavy atom. The largest absolute Gasteiger partial charge is 0.464 e. The zero-order chi connectivity index (χ0) is 12.3. The van der Waals surface area contributed by atoms with E-state index in [4.69, 9.17) is 5.41 Å². The van der Waals surface area contributed by atoms with E-state index in [1.807, 2.05) is 13.8 Å². The van der Waals surface area contributed by atoms with Gasteiger partial charge in [-0.25, -0.2) is 4.79 Å². The van der Waals surface area contributed by atoms with E-state index >= 15 is 0 Å². The topological polar surface area (TPSA) is 80.0 Å². The first-order valence-corrected chi connectivity index (χ1v) is 4.93. The third kappa shape index (κ3) is 2.39. The van der Waals surface area contributed by atoms with Gasteiger partial charge in [-0.2, -0.15) is 5.10 Å². The molecule has 88 valence electrons. The lowest BCUT2D eigenvalue weighted by Gasteiger charge is -2.10. The lowest BCUT2D eigenvalue weighted by Crippen LogP contribution is -2.19. The van der Waals surface area contributed by atoms with Crippen LogP contribution in [0.3, 0.4) is 0 Å². The van der Waals surface area contributed by atoms with Crippen molar-refractivity contribution in [1.29, 1.82) is 5.41 Å². The second-order valence-corrected chi connectivity index (χ2v) is 3.72. The number of hydrogen-bond donors (Lipinski definition) is 2.